The number of hydrogen-bond acceptors (Lipinski definition) is 5. The smallest absolute Gasteiger partial charge is 0.289 e. The summed E-state index contributed by atoms with van der Waals surface area (Å²) in [4.78, 5) is 23.7. The first kappa shape index (κ1) is 15.6. The SMILES string of the molecule is O=C(c1ccccc1)c1ccc(-n2nnc3ccccc32)c([N+](=O)[O-])c1. The van der Waals surface area contributed by atoms with Crippen molar-refractivity contribution >= 4 is 22.5 Å². The van der Waals surface area contributed by atoms with Crippen molar-refractivity contribution in [3.63, 3.8) is 0 Å². The highest BCUT2D eigenvalue weighted by Crippen LogP contribution is 2.27. The molecule has 26 heavy (non-hydrogen) atoms. The number of carbonyl (C=O) groups excluding carboxylic acids is 1. The number of ketones is 1. The molecule has 0 unspecified atom stereocenters. The third-order valence-corrected chi connectivity index (χ3v) is 4.05. The Morgan fingerprint density at radius 3 is 2.42 bits per heavy atom. The molecule has 0 aliphatic heterocycles. The number of nitrogens with zero attached hydrogens (tertiary/aromatic N) is 4. The number of nitro groups is 1. The van der Waals surface area contributed by atoms with E-state index in [2.05, 4.69) is 10.3 Å². The summed E-state index contributed by atoms with van der Waals surface area (Å²) in [6, 6.07) is 20.2. The zero-order valence-corrected chi connectivity index (χ0v) is 13.4. The third-order valence-electron chi connectivity index (χ3n) is 4.05. The molecule has 0 spiro atoms. The number of carbonyl (C=O) groups is 1. The minimum atomic E-state index is -0.520. The minimum Gasteiger partial charge on any atom is -0.289 e. The maximum atomic E-state index is 12.6. The lowest BCUT2D eigenvalue weighted by molar-refractivity contribution is -0.384. The quantitative estimate of drug-likeness (QED) is 0.321. The fraction of sp³-hybridized carbons (Fsp3) is 0. The topological polar surface area (TPSA) is 90.9 Å². The Morgan fingerprint density at radius 2 is 1.65 bits per heavy atom. The predicted octanol–water partition coefficient (Wildman–Crippen LogP) is 3.56. The fourth-order valence-corrected chi connectivity index (χ4v) is 2.79. The normalized spacial score (nSPS) is 10.8. The molecule has 0 saturated carbocycles. The lowest BCUT2D eigenvalue weighted by Gasteiger charge is -2.06. The molecule has 0 aliphatic rings. The molecule has 3 aromatic carbocycles. The van der Waals surface area contributed by atoms with E-state index in [0.29, 0.717) is 16.6 Å². The molecule has 0 saturated heterocycles. The van der Waals surface area contributed by atoms with Crippen molar-refractivity contribution in [2.24, 2.45) is 0 Å². The van der Waals surface area contributed by atoms with Gasteiger partial charge in [-0.15, -0.1) is 5.10 Å². The first-order valence-corrected chi connectivity index (χ1v) is 7.84. The highest BCUT2D eigenvalue weighted by molar-refractivity contribution is 6.09. The predicted molar refractivity (Wildman–Crippen MR) is 95.4 cm³/mol. The minimum absolute atomic E-state index is 0.206. The highest BCUT2D eigenvalue weighted by atomic mass is 16.6. The van der Waals surface area contributed by atoms with Crippen molar-refractivity contribution in [2.75, 3.05) is 0 Å². The van der Waals surface area contributed by atoms with Gasteiger partial charge in [-0.3, -0.25) is 14.9 Å². The van der Waals surface area contributed by atoms with Gasteiger partial charge in [0.15, 0.2) is 5.78 Å². The standard InChI is InChI=1S/C19H12N4O3/c24-19(13-6-2-1-3-7-13)14-10-11-17(18(12-14)23(25)26)22-16-9-5-4-8-15(16)20-21-22/h1-12H. The first-order valence-electron chi connectivity index (χ1n) is 7.84. The van der Waals surface area contributed by atoms with Crippen molar-refractivity contribution in [2.45, 2.75) is 0 Å². The van der Waals surface area contributed by atoms with Gasteiger partial charge in [-0.2, -0.15) is 0 Å². The van der Waals surface area contributed by atoms with Gasteiger partial charge in [0.05, 0.1) is 10.4 Å². The van der Waals surface area contributed by atoms with Crippen LogP contribution >= 0.6 is 0 Å². The molecule has 4 aromatic rings. The second-order valence-corrected chi connectivity index (χ2v) is 5.65. The molecule has 0 aliphatic carbocycles. The van der Waals surface area contributed by atoms with E-state index in [9.17, 15) is 14.9 Å². The van der Waals surface area contributed by atoms with Gasteiger partial charge in [-0.25, -0.2) is 4.68 Å². The number of hydrogen-bond donors (Lipinski definition) is 0. The molecule has 0 bridgehead atoms. The molecule has 0 N–H and O–H groups in total. The molecule has 1 heterocycles. The van der Waals surface area contributed by atoms with Crippen LogP contribution in [-0.2, 0) is 0 Å². The second-order valence-electron chi connectivity index (χ2n) is 5.65. The van der Waals surface area contributed by atoms with Gasteiger partial charge in [0.2, 0.25) is 0 Å². The lowest BCUT2D eigenvalue weighted by atomic mass is 10.0. The Kier molecular flexibility index (Phi) is 3.74. The van der Waals surface area contributed by atoms with E-state index in [1.54, 1.807) is 54.6 Å². The Hall–Kier alpha value is -3.87. The van der Waals surface area contributed by atoms with E-state index in [0.717, 1.165) is 0 Å². The maximum absolute atomic E-state index is 12.6. The highest BCUT2D eigenvalue weighted by Gasteiger charge is 2.21. The number of fused-ring (bicyclic) bond motifs is 1. The largest absolute Gasteiger partial charge is 0.295 e. The van der Waals surface area contributed by atoms with Crippen LogP contribution in [-0.4, -0.2) is 25.7 Å². The molecule has 7 nitrogen and oxygen atoms in total. The molecule has 0 atom stereocenters. The summed E-state index contributed by atoms with van der Waals surface area (Å²) in [6.07, 6.45) is 0. The molecule has 0 fully saturated rings. The van der Waals surface area contributed by atoms with E-state index in [1.165, 1.54) is 16.8 Å². The van der Waals surface area contributed by atoms with Crippen LogP contribution in [0.15, 0.2) is 72.8 Å². The molecule has 4 rings (SSSR count). The van der Waals surface area contributed by atoms with Crippen molar-refractivity contribution in [1.29, 1.82) is 0 Å². The van der Waals surface area contributed by atoms with Crippen LogP contribution in [0.3, 0.4) is 0 Å². The zero-order chi connectivity index (χ0) is 18.1. The Bertz CT molecular complexity index is 1140. The van der Waals surface area contributed by atoms with Crippen molar-refractivity contribution in [3.05, 3.63) is 94.0 Å². The van der Waals surface area contributed by atoms with E-state index in [1.807, 2.05) is 6.07 Å². The van der Waals surface area contributed by atoms with Crippen molar-refractivity contribution in [3.8, 4) is 5.69 Å². The van der Waals surface area contributed by atoms with Crippen LogP contribution in [0.25, 0.3) is 16.7 Å². The molecule has 126 valence electrons. The lowest BCUT2D eigenvalue weighted by Crippen LogP contribution is -2.06. The van der Waals surface area contributed by atoms with Crippen LogP contribution in [0, 0.1) is 10.1 Å². The summed E-state index contributed by atoms with van der Waals surface area (Å²) in [5.74, 6) is -0.274. The molecular weight excluding hydrogens is 332 g/mol. The summed E-state index contributed by atoms with van der Waals surface area (Å²) in [6.45, 7) is 0. The monoisotopic (exact) mass is 344 g/mol. The zero-order valence-electron chi connectivity index (χ0n) is 13.4. The van der Waals surface area contributed by atoms with Crippen molar-refractivity contribution in [1.82, 2.24) is 15.0 Å². The summed E-state index contributed by atoms with van der Waals surface area (Å²) >= 11 is 0. The van der Waals surface area contributed by atoms with Crippen LogP contribution in [0.4, 0.5) is 5.69 Å². The van der Waals surface area contributed by atoms with Gasteiger partial charge in [-0.1, -0.05) is 47.7 Å². The average molecular weight is 344 g/mol. The van der Waals surface area contributed by atoms with Gasteiger partial charge >= 0.3 is 0 Å². The number of para-hydroxylation sites is 1. The van der Waals surface area contributed by atoms with Gasteiger partial charge < -0.3 is 0 Å². The van der Waals surface area contributed by atoms with Gasteiger partial charge in [0.1, 0.15) is 11.2 Å². The number of rotatable bonds is 4. The molecule has 0 radical (unpaired) electrons. The summed E-state index contributed by atoms with van der Waals surface area (Å²) < 4.78 is 1.41. The number of nitro benzene ring substituents is 1. The van der Waals surface area contributed by atoms with Crippen LogP contribution in [0.5, 0.6) is 0 Å². The van der Waals surface area contributed by atoms with Gasteiger partial charge in [0, 0.05) is 17.2 Å². The Labute approximate surface area is 147 Å². The summed E-state index contributed by atoms with van der Waals surface area (Å²) in [5, 5.41) is 19.6. The van der Waals surface area contributed by atoms with Crippen LogP contribution in [0.2, 0.25) is 0 Å². The van der Waals surface area contributed by atoms with Crippen LogP contribution < -0.4 is 0 Å². The van der Waals surface area contributed by atoms with E-state index in [4.69, 9.17) is 0 Å². The van der Waals surface area contributed by atoms with Crippen LogP contribution in [0.1, 0.15) is 15.9 Å². The maximum Gasteiger partial charge on any atom is 0.295 e. The summed E-state index contributed by atoms with van der Waals surface area (Å²) in [5.41, 5.74) is 2.05. The second kappa shape index (κ2) is 6.21. The molecule has 0 amide bonds. The molecular formula is C19H12N4O3. The Morgan fingerprint density at radius 1 is 0.923 bits per heavy atom. The third kappa shape index (κ3) is 2.61. The van der Waals surface area contributed by atoms with E-state index >= 15 is 0 Å². The van der Waals surface area contributed by atoms with E-state index < -0.39 is 4.92 Å². The summed E-state index contributed by atoms with van der Waals surface area (Å²) in [7, 11) is 0. The number of aromatic nitrogens is 3. The molecule has 7 heteroatoms. The van der Waals surface area contributed by atoms with Gasteiger partial charge in [0.25, 0.3) is 5.69 Å². The van der Waals surface area contributed by atoms with Crippen molar-refractivity contribution < 1.29 is 9.72 Å². The van der Waals surface area contributed by atoms with E-state index in [-0.39, 0.29) is 22.7 Å². The van der Waals surface area contributed by atoms with Gasteiger partial charge in [-0.05, 0) is 24.3 Å². The number of benzene rings is 3. The fourth-order valence-electron chi connectivity index (χ4n) is 2.79. The first-order chi connectivity index (χ1) is 12.6. The average Bonchev–Trinajstić information content (AvgIpc) is 3.11. The Balaban J connectivity index is 1.85. The molecule has 1 aromatic heterocycles.